The molecule has 0 unspecified atom stereocenters. The van der Waals surface area contributed by atoms with Crippen LogP contribution < -0.4 is 10.1 Å². The predicted octanol–water partition coefficient (Wildman–Crippen LogP) is 1.08. The van der Waals surface area contributed by atoms with Crippen LogP contribution in [0, 0.1) is 0 Å². The number of aliphatic hydroxyl groups excluding tert-OH is 1. The second-order valence-electron chi connectivity index (χ2n) is 3.46. The molecule has 16 heavy (non-hydrogen) atoms. The van der Waals surface area contributed by atoms with Crippen molar-refractivity contribution in [2.45, 2.75) is 19.4 Å². The summed E-state index contributed by atoms with van der Waals surface area (Å²) in [5, 5.41) is 11.4. The van der Waals surface area contributed by atoms with Crippen LogP contribution in [0.5, 0.6) is 5.75 Å². The molecule has 0 radical (unpaired) electrons. The molecule has 0 saturated carbocycles. The molecule has 0 aliphatic rings. The quantitative estimate of drug-likeness (QED) is 0.758. The summed E-state index contributed by atoms with van der Waals surface area (Å²) in [4.78, 5) is 11.3. The molecule has 2 N–H and O–H groups in total. The van der Waals surface area contributed by atoms with E-state index in [0.717, 1.165) is 11.3 Å². The first-order valence-electron chi connectivity index (χ1n) is 5.26. The Morgan fingerprint density at radius 3 is 3.00 bits per heavy atom. The first-order chi connectivity index (χ1) is 7.76. The number of benzene rings is 1. The molecule has 1 amide bonds. The number of rotatable bonds is 6. The van der Waals surface area contributed by atoms with E-state index in [0.29, 0.717) is 19.4 Å². The van der Waals surface area contributed by atoms with Crippen LogP contribution in [0.4, 0.5) is 0 Å². The monoisotopic (exact) mass is 223 g/mol. The predicted molar refractivity (Wildman–Crippen MR) is 61.2 cm³/mol. The minimum absolute atomic E-state index is 0.0446. The maximum atomic E-state index is 11.3. The van der Waals surface area contributed by atoms with E-state index >= 15 is 0 Å². The third kappa shape index (κ3) is 4.31. The highest BCUT2D eigenvalue weighted by molar-refractivity contribution is 5.75. The van der Waals surface area contributed by atoms with E-state index < -0.39 is 0 Å². The van der Waals surface area contributed by atoms with Crippen LogP contribution in [0.3, 0.4) is 0 Å². The van der Waals surface area contributed by atoms with Crippen molar-refractivity contribution in [1.29, 1.82) is 0 Å². The third-order valence-electron chi connectivity index (χ3n) is 2.19. The van der Waals surface area contributed by atoms with Crippen molar-refractivity contribution in [3.05, 3.63) is 29.8 Å². The number of aliphatic hydroxyl groups is 1. The van der Waals surface area contributed by atoms with E-state index in [1.54, 1.807) is 7.11 Å². The summed E-state index contributed by atoms with van der Waals surface area (Å²) < 4.78 is 5.08. The van der Waals surface area contributed by atoms with E-state index in [9.17, 15) is 4.79 Å². The van der Waals surface area contributed by atoms with Crippen molar-refractivity contribution in [3.63, 3.8) is 0 Å². The van der Waals surface area contributed by atoms with Crippen molar-refractivity contribution in [2.24, 2.45) is 0 Å². The molecule has 0 aromatic heterocycles. The number of hydrogen-bond donors (Lipinski definition) is 2. The molecule has 0 aliphatic heterocycles. The zero-order valence-corrected chi connectivity index (χ0v) is 9.40. The molecule has 4 nitrogen and oxygen atoms in total. The number of nitrogens with one attached hydrogen (secondary N) is 1. The number of ether oxygens (including phenoxy) is 1. The van der Waals surface area contributed by atoms with Crippen LogP contribution in [-0.2, 0) is 11.3 Å². The molecule has 1 aromatic carbocycles. The summed E-state index contributed by atoms with van der Waals surface area (Å²) in [6.07, 6.45) is 0.865. The molecule has 1 rings (SSSR count). The Morgan fingerprint density at radius 2 is 2.31 bits per heavy atom. The first kappa shape index (κ1) is 12.5. The normalized spacial score (nSPS) is 9.88. The third-order valence-corrected chi connectivity index (χ3v) is 2.19. The van der Waals surface area contributed by atoms with Crippen LogP contribution in [0.15, 0.2) is 24.3 Å². The largest absolute Gasteiger partial charge is 0.497 e. The molecule has 0 saturated heterocycles. The first-order valence-corrected chi connectivity index (χ1v) is 5.26. The fourth-order valence-electron chi connectivity index (χ4n) is 1.31. The van der Waals surface area contributed by atoms with Crippen LogP contribution in [0.1, 0.15) is 18.4 Å². The standard InChI is InChI=1S/C12H17NO3/c1-16-11-5-2-4-10(8-11)9-13-12(15)6-3-7-14/h2,4-5,8,14H,3,6-7,9H2,1H3,(H,13,15). The van der Waals surface area contributed by atoms with Crippen molar-refractivity contribution >= 4 is 5.91 Å². The van der Waals surface area contributed by atoms with Gasteiger partial charge >= 0.3 is 0 Å². The molecule has 4 heteroatoms. The molecular formula is C12H17NO3. The second kappa shape index (κ2) is 6.85. The lowest BCUT2D eigenvalue weighted by molar-refractivity contribution is -0.121. The molecule has 88 valence electrons. The summed E-state index contributed by atoms with van der Waals surface area (Å²) >= 11 is 0. The molecule has 0 bridgehead atoms. The smallest absolute Gasteiger partial charge is 0.220 e. The molecular weight excluding hydrogens is 206 g/mol. The van der Waals surface area contributed by atoms with Gasteiger partial charge < -0.3 is 15.2 Å². The number of carbonyl (C=O) groups is 1. The van der Waals surface area contributed by atoms with Gasteiger partial charge in [-0.25, -0.2) is 0 Å². The van der Waals surface area contributed by atoms with E-state index in [2.05, 4.69) is 5.32 Å². The van der Waals surface area contributed by atoms with Gasteiger partial charge in [-0.15, -0.1) is 0 Å². The highest BCUT2D eigenvalue weighted by atomic mass is 16.5. The lowest BCUT2D eigenvalue weighted by atomic mass is 10.2. The summed E-state index contributed by atoms with van der Waals surface area (Å²) in [7, 11) is 1.61. The Balaban J connectivity index is 2.38. The maximum absolute atomic E-state index is 11.3. The van der Waals surface area contributed by atoms with Crippen molar-refractivity contribution in [2.75, 3.05) is 13.7 Å². The van der Waals surface area contributed by atoms with Gasteiger partial charge in [0.25, 0.3) is 0 Å². The van der Waals surface area contributed by atoms with Gasteiger partial charge in [0.15, 0.2) is 0 Å². The molecule has 0 aliphatic carbocycles. The van der Waals surface area contributed by atoms with Gasteiger partial charge in [-0.1, -0.05) is 12.1 Å². The van der Waals surface area contributed by atoms with Crippen LogP contribution in [0.2, 0.25) is 0 Å². The number of carbonyl (C=O) groups excluding carboxylic acids is 1. The van der Waals surface area contributed by atoms with Gasteiger partial charge in [0, 0.05) is 19.6 Å². The highest BCUT2D eigenvalue weighted by Crippen LogP contribution is 2.12. The number of hydrogen-bond acceptors (Lipinski definition) is 3. The lowest BCUT2D eigenvalue weighted by Gasteiger charge is -2.06. The van der Waals surface area contributed by atoms with Gasteiger partial charge in [-0.2, -0.15) is 0 Å². The minimum Gasteiger partial charge on any atom is -0.497 e. The zero-order chi connectivity index (χ0) is 11.8. The molecule has 0 heterocycles. The molecule has 0 fully saturated rings. The van der Waals surface area contributed by atoms with E-state index in [-0.39, 0.29) is 12.5 Å². The number of amides is 1. The maximum Gasteiger partial charge on any atom is 0.220 e. The van der Waals surface area contributed by atoms with Gasteiger partial charge in [0.2, 0.25) is 5.91 Å². The van der Waals surface area contributed by atoms with E-state index in [1.807, 2.05) is 24.3 Å². The average Bonchev–Trinajstić information content (AvgIpc) is 2.34. The minimum atomic E-state index is -0.0446. The average molecular weight is 223 g/mol. The van der Waals surface area contributed by atoms with Crippen LogP contribution in [-0.4, -0.2) is 24.7 Å². The summed E-state index contributed by atoms with van der Waals surface area (Å²) in [6, 6.07) is 7.55. The number of methoxy groups -OCH3 is 1. The second-order valence-corrected chi connectivity index (χ2v) is 3.46. The SMILES string of the molecule is COc1cccc(CNC(=O)CCCO)c1. The van der Waals surface area contributed by atoms with Crippen LogP contribution in [0.25, 0.3) is 0 Å². The molecule has 1 aromatic rings. The fourth-order valence-corrected chi connectivity index (χ4v) is 1.31. The Hall–Kier alpha value is -1.55. The fraction of sp³-hybridized carbons (Fsp3) is 0.417. The van der Waals surface area contributed by atoms with Crippen LogP contribution >= 0.6 is 0 Å². The Labute approximate surface area is 95.2 Å². The highest BCUT2D eigenvalue weighted by Gasteiger charge is 2.01. The lowest BCUT2D eigenvalue weighted by Crippen LogP contribution is -2.22. The molecule has 0 atom stereocenters. The molecule has 0 spiro atoms. The van der Waals surface area contributed by atoms with E-state index in [1.165, 1.54) is 0 Å². The zero-order valence-electron chi connectivity index (χ0n) is 9.40. The summed E-state index contributed by atoms with van der Waals surface area (Å²) in [5.41, 5.74) is 0.997. The van der Waals surface area contributed by atoms with Gasteiger partial charge in [0.05, 0.1) is 7.11 Å². The summed E-state index contributed by atoms with van der Waals surface area (Å²) in [5.74, 6) is 0.735. The topological polar surface area (TPSA) is 58.6 Å². The van der Waals surface area contributed by atoms with Crippen molar-refractivity contribution in [1.82, 2.24) is 5.32 Å². The van der Waals surface area contributed by atoms with Gasteiger partial charge in [-0.3, -0.25) is 4.79 Å². The van der Waals surface area contributed by atoms with E-state index in [4.69, 9.17) is 9.84 Å². The Morgan fingerprint density at radius 1 is 1.50 bits per heavy atom. The Bertz CT molecular complexity index is 339. The summed E-state index contributed by atoms with van der Waals surface area (Å²) in [6.45, 7) is 0.536. The van der Waals surface area contributed by atoms with Gasteiger partial charge in [-0.05, 0) is 24.1 Å². The van der Waals surface area contributed by atoms with Gasteiger partial charge in [0.1, 0.15) is 5.75 Å². The van der Waals surface area contributed by atoms with Crippen molar-refractivity contribution < 1.29 is 14.6 Å². The Kier molecular flexibility index (Phi) is 5.36. The van der Waals surface area contributed by atoms with Crippen molar-refractivity contribution in [3.8, 4) is 5.75 Å².